The van der Waals surface area contributed by atoms with Crippen LogP contribution in [0.2, 0.25) is 10.0 Å². The Hall–Kier alpha value is -1.29. The molecule has 0 unspecified atom stereocenters. The molecule has 110 valence electrons. The molecule has 1 aliphatic carbocycles. The van der Waals surface area contributed by atoms with E-state index in [1.54, 1.807) is 12.1 Å². The van der Waals surface area contributed by atoms with Gasteiger partial charge in [-0.1, -0.05) is 41.4 Å². The van der Waals surface area contributed by atoms with Crippen molar-refractivity contribution < 1.29 is 9.13 Å². The van der Waals surface area contributed by atoms with E-state index >= 15 is 0 Å². The van der Waals surface area contributed by atoms with Crippen LogP contribution >= 0.6 is 23.2 Å². The maximum atomic E-state index is 14.0. The minimum atomic E-state index is -0.583. The van der Waals surface area contributed by atoms with Crippen molar-refractivity contribution >= 4 is 23.2 Å². The summed E-state index contributed by atoms with van der Waals surface area (Å²) in [5.74, 6) is -0.0445. The van der Waals surface area contributed by atoms with Crippen LogP contribution < -0.4 is 10.1 Å². The Morgan fingerprint density at radius 2 is 1.81 bits per heavy atom. The monoisotopic (exact) mass is 325 g/mol. The molecule has 0 aromatic heterocycles. The molecule has 2 nitrogen and oxygen atoms in total. The summed E-state index contributed by atoms with van der Waals surface area (Å²) in [7, 11) is 0. The fraction of sp³-hybridized carbons (Fsp3) is 0.250. The highest BCUT2D eigenvalue weighted by Crippen LogP contribution is 2.36. The number of hydrogen-bond acceptors (Lipinski definition) is 2. The summed E-state index contributed by atoms with van der Waals surface area (Å²) in [6.07, 6.45) is 2.39. The minimum absolute atomic E-state index is 0.0252. The number of hydrogen-bond donors (Lipinski definition) is 1. The second kappa shape index (κ2) is 6.22. The molecule has 5 heteroatoms. The molecule has 1 fully saturated rings. The lowest BCUT2D eigenvalue weighted by Gasteiger charge is -2.14. The summed E-state index contributed by atoms with van der Waals surface area (Å²) in [6.45, 7) is 0.642. The number of ether oxygens (including phenoxy) is 1. The van der Waals surface area contributed by atoms with Crippen LogP contribution in [0.4, 0.5) is 4.39 Å². The van der Waals surface area contributed by atoms with Crippen LogP contribution in [-0.2, 0) is 6.54 Å². The Labute approximate surface area is 132 Å². The quantitative estimate of drug-likeness (QED) is 0.818. The topological polar surface area (TPSA) is 21.3 Å². The molecule has 0 atom stereocenters. The molecule has 21 heavy (non-hydrogen) atoms. The number of rotatable bonds is 5. The van der Waals surface area contributed by atoms with Gasteiger partial charge in [-0.15, -0.1) is 0 Å². The highest BCUT2D eigenvalue weighted by atomic mass is 35.5. The van der Waals surface area contributed by atoms with E-state index < -0.39 is 5.82 Å². The molecule has 0 radical (unpaired) electrons. The van der Waals surface area contributed by atoms with Crippen molar-refractivity contribution in [1.29, 1.82) is 0 Å². The average Bonchev–Trinajstić information content (AvgIpc) is 3.28. The fourth-order valence-electron chi connectivity index (χ4n) is 2.02. The smallest absolute Gasteiger partial charge is 0.184 e. The van der Waals surface area contributed by atoms with Gasteiger partial charge >= 0.3 is 0 Å². The van der Waals surface area contributed by atoms with Crippen LogP contribution in [0.25, 0.3) is 0 Å². The molecule has 0 spiro atoms. The predicted molar refractivity (Wildman–Crippen MR) is 82.8 cm³/mol. The minimum Gasteiger partial charge on any atom is -0.452 e. The molecular formula is C16H14Cl2FNO. The predicted octanol–water partition coefficient (Wildman–Crippen LogP) is 5.18. The highest BCUT2D eigenvalue weighted by Gasteiger charge is 2.21. The van der Waals surface area contributed by atoms with E-state index in [0.29, 0.717) is 23.4 Å². The van der Waals surface area contributed by atoms with E-state index in [1.807, 2.05) is 12.1 Å². The Morgan fingerprint density at radius 1 is 1.10 bits per heavy atom. The molecule has 1 N–H and O–H groups in total. The van der Waals surface area contributed by atoms with Crippen molar-refractivity contribution in [1.82, 2.24) is 5.32 Å². The van der Waals surface area contributed by atoms with Gasteiger partial charge in [0.05, 0.1) is 10.0 Å². The summed E-state index contributed by atoms with van der Waals surface area (Å²) >= 11 is 12.0. The van der Waals surface area contributed by atoms with E-state index in [1.165, 1.54) is 25.0 Å². The molecule has 0 heterocycles. The third-order valence-corrected chi connectivity index (χ3v) is 3.92. The molecular weight excluding hydrogens is 312 g/mol. The van der Waals surface area contributed by atoms with Gasteiger partial charge in [0.15, 0.2) is 17.3 Å². The van der Waals surface area contributed by atoms with Gasteiger partial charge in [0, 0.05) is 18.2 Å². The third kappa shape index (κ3) is 3.49. The lowest BCUT2D eigenvalue weighted by atomic mass is 10.2. The largest absolute Gasteiger partial charge is 0.452 e. The van der Waals surface area contributed by atoms with Gasteiger partial charge in [-0.3, -0.25) is 0 Å². The molecule has 2 aromatic rings. The first-order valence-electron chi connectivity index (χ1n) is 6.78. The maximum Gasteiger partial charge on any atom is 0.184 e. The molecule has 0 aliphatic heterocycles. The molecule has 0 amide bonds. The highest BCUT2D eigenvalue weighted by molar-refractivity contribution is 6.32. The van der Waals surface area contributed by atoms with Crippen molar-refractivity contribution in [3.05, 3.63) is 57.8 Å². The lowest BCUT2D eigenvalue weighted by molar-refractivity contribution is 0.436. The Bertz CT molecular complexity index is 659. The number of benzene rings is 2. The maximum absolute atomic E-state index is 14.0. The third-order valence-electron chi connectivity index (χ3n) is 3.34. The normalized spacial score (nSPS) is 14.2. The van der Waals surface area contributed by atoms with Crippen molar-refractivity contribution in [2.75, 3.05) is 0 Å². The molecule has 3 rings (SSSR count). The Balaban J connectivity index is 1.87. The summed E-state index contributed by atoms with van der Waals surface area (Å²) in [6, 6.07) is 10.7. The van der Waals surface area contributed by atoms with Crippen LogP contribution in [0.15, 0.2) is 36.4 Å². The van der Waals surface area contributed by atoms with Crippen molar-refractivity contribution in [3.63, 3.8) is 0 Å². The van der Waals surface area contributed by atoms with Crippen LogP contribution in [-0.4, -0.2) is 6.04 Å². The van der Waals surface area contributed by atoms with Crippen molar-refractivity contribution in [2.45, 2.75) is 25.4 Å². The summed E-state index contributed by atoms with van der Waals surface area (Å²) in [4.78, 5) is 0. The first-order valence-corrected chi connectivity index (χ1v) is 7.53. The first kappa shape index (κ1) is 14.6. The van der Waals surface area contributed by atoms with Crippen molar-refractivity contribution in [2.24, 2.45) is 0 Å². The zero-order valence-electron chi connectivity index (χ0n) is 11.2. The molecule has 2 aromatic carbocycles. The number of halogens is 3. The molecule has 1 saturated carbocycles. The SMILES string of the molecule is Fc1c(Cl)cccc1Oc1c(Cl)cccc1CNC1CC1. The second-order valence-electron chi connectivity index (χ2n) is 5.04. The van der Waals surface area contributed by atoms with Gasteiger partial charge in [-0.25, -0.2) is 4.39 Å². The zero-order valence-corrected chi connectivity index (χ0v) is 12.7. The van der Waals surface area contributed by atoms with Gasteiger partial charge in [0.2, 0.25) is 0 Å². The second-order valence-corrected chi connectivity index (χ2v) is 5.85. The number of para-hydroxylation sites is 1. The average molecular weight is 326 g/mol. The lowest BCUT2D eigenvalue weighted by Crippen LogP contribution is -2.15. The van der Waals surface area contributed by atoms with E-state index in [0.717, 1.165) is 5.56 Å². The number of nitrogens with one attached hydrogen (secondary N) is 1. The first-order chi connectivity index (χ1) is 10.1. The van der Waals surface area contributed by atoms with Gasteiger partial charge in [0.25, 0.3) is 0 Å². The zero-order chi connectivity index (χ0) is 14.8. The van der Waals surface area contributed by atoms with Gasteiger partial charge < -0.3 is 10.1 Å². The summed E-state index contributed by atoms with van der Waals surface area (Å²) in [5, 5.41) is 3.87. The van der Waals surface area contributed by atoms with E-state index in [2.05, 4.69) is 5.32 Å². The van der Waals surface area contributed by atoms with Gasteiger partial charge in [0.1, 0.15) is 0 Å². The van der Waals surface area contributed by atoms with Crippen molar-refractivity contribution in [3.8, 4) is 11.5 Å². The van der Waals surface area contributed by atoms with Gasteiger partial charge in [-0.05, 0) is 31.0 Å². The molecule has 0 saturated heterocycles. The van der Waals surface area contributed by atoms with Crippen LogP contribution in [0.3, 0.4) is 0 Å². The van der Waals surface area contributed by atoms with Crippen LogP contribution in [0, 0.1) is 5.82 Å². The summed E-state index contributed by atoms with van der Waals surface area (Å²) < 4.78 is 19.6. The fourth-order valence-corrected chi connectivity index (χ4v) is 2.42. The van der Waals surface area contributed by atoms with E-state index in [4.69, 9.17) is 27.9 Å². The van der Waals surface area contributed by atoms with E-state index in [9.17, 15) is 4.39 Å². The Morgan fingerprint density at radius 3 is 2.57 bits per heavy atom. The molecule has 0 bridgehead atoms. The van der Waals surface area contributed by atoms with Crippen LogP contribution in [0.5, 0.6) is 11.5 Å². The molecule has 1 aliphatic rings. The van der Waals surface area contributed by atoms with Crippen LogP contribution in [0.1, 0.15) is 18.4 Å². The Kier molecular flexibility index (Phi) is 4.34. The standard InChI is InChI=1S/C16H14Cl2FNO/c17-12-4-2-6-14(15(12)19)21-16-10(3-1-5-13(16)18)9-20-11-7-8-11/h1-6,11,20H,7-9H2. The van der Waals surface area contributed by atoms with E-state index in [-0.39, 0.29) is 10.8 Å². The summed E-state index contributed by atoms with van der Waals surface area (Å²) in [5.41, 5.74) is 0.897. The van der Waals surface area contributed by atoms with Gasteiger partial charge in [-0.2, -0.15) is 0 Å².